The van der Waals surface area contributed by atoms with Crippen LogP contribution < -0.4 is 15.6 Å². The monoisotopic (exact) mass is 430 g/mol. The minimum absolute atomic E-state index is 0.0456. The summed E-state index contributed by atoms with van der Waals surface area (Å²) < 4.78 is 0. The quantitative estimate of drug-likeness (QED) is 0.569. The van der Waals surface area contributed by atoms with Crippen molar-refractivity contribution in [1.29, 1.82) is 0 Å². The Morgan fingerprint density at radius 3 is 2.16 bits per heavy atom. The van der Waals surface area contributed by atoms with Crippen LogP contribution >= 0.6 is 12.2 Å². The second-order valence-electron chi connectivity index (χ2n) is 7.27. The van der Waals surface area contributed by atoms with E-state index in [9.17, 15) is 9.59 Å². The first-order chi connectivity index (χ1) is 15.0. The predicted octanol–water partition coefficient (Wildman–Crippen LogP) is 4.35. The zero-order chi connectivity index (χ0) is 21.8. The van der Waals surface area contributed by atoms with Crippen molar-refractivity contribution in [1.82, 2.24) is 5.01 Å². The Balaban J connectivity index is 1.58. The summed E-state index contributed by atoms with van der Waals surface area (Å²) in [6.07, 6.45) is -0.0456. The van der Waals surface area contributed by atoms with Crippen molar-refractivity contribution in [2.75, 3.05) is 15.6 Å². The third kappa shape index (κ3) is 4.57. The van der Waals surface area contributed by atoms with Crippen LogP contribution in [0.5, 0.6) is 0 Å². The third-order valence-corrected chi connectivity index (χ3v) is 5.35. The lowest BCUT2D eigenvalue weighted by atomic mass is 10.1. The van der Waals surface area contributed by atoms with Crippen LogP contribution in [-0.4, -0.2) is 28.0 Å². The van der Waals surface area contributed by atoms with Gasteiger partial charge in [0, 0.05) is 5.69 Å². The molecule has 0 aromatic heterocycles. The van der Waals surface area contributed by atoms with Gasteiger partial charge in [0.25, 0.3) is 5.91 Å². The van der Waals surface area contributed by atoms with Gasteiger partial charge in [-0.1, -0.05) is 54.1 Å². The van der Waals surface area contributed by atoms with E-state index in [4.69, 9.17) is 12.2 Å². The van der Waals surface area contributed by atoms with Crippen LogP contribution in [-0.2, 0) is 9.59 Å². The third-order valence-electron chi connectivity index (χ3n) is 4.97. The van der Waals surface area contributed by atoms with Crippen LogP contribution in [0.25, 0.3) is 0 Å². The second kappa shape index (κ2) is 8.97. The average Bonchev–Trinajstić information content (AvgIpc) is 3.00. The molecule has 0 unspecified atom stereocenters. The molecule has 156 valence electrons. The van der Waals surface area contributed by atoms with Crippen molar-refractivity contribution in [2.45, 2.75) is 19.4 Å². The Morgan fingerprint density at radius 2 is 1.52 bits per heavy atom. The Kier molecular flexibility index (Phi) is 5.95. The number of aryl methyl sites for hydroxylation is 1. The van der Waals surface area contributed by atoms with Gasteiger partial charge < -0.3 is 5.32 Å². The number of carbonyl (C=O) groups is 2. The number of hydrogen-bond acceptors (Lipinski definition) is 4. The van der Waals surface area contributed by atoms with Gasteiger partial charge in [0.05, 0.1) is 17.8 Å². The number of hydrogen-bond donors (Lipinski definition) is 2. The van der Waals surface area contributed by atoms with E-state index in [0.717, 1.165) is 11.3 Å². The molecule has 1 aliphatic heterocycles. The van der Waals surface area contributed by atoms with Gasteiger partial charge in [-0.05, 0) is 55.5 Å². The number of rotatable bonds is 6. The molecule has 2 amide bonds. The van der Waals surface area contributed by atoms with Crippen LogP contribution in [0.4, 0.5) is 17.1 Å². The number of anilines is 3. The lowest BCUT2D eigenvalue weighted by molar-refractivity contribution is -0.124. The van der Waals surface area contributed by atoms with E-state index < -0.39 is 6.04 Å². The highest BCUT2D eigenvalue weighted by Crippen LogP contribution is 2.28. The molecule has 0 radical (unpaired) electrons. The van der Waals surface area contributed by atoms with E-state index in [1.54, 1.807) is 5.01 Å². The van der Waals surface area contributed by atoms with Gasteiger partial charge in [-0.25, -0.2) is 5.01 Å². The molecule has 1 heterocycles. The van der Waals surface area contributed by atoms with Crippen molar-refractivity contribution in [2.24, 2.45) is 0 Å². The number of benzene rings is 3. The van der Waals surface area contributed by atoms with Crippen LogP contribution in [0.3, 0.4) is 0 Å². The van der Waals surface area contributed by atoms with Crippen LogP contribution in [0.15, 0.2) is 84.9 Å². The van der Waals surface area contributed by atoms with E-state index in [1.807, 2.05) is 91.9 Å². The first-order valence-corrected chi connectivity index (χ1v) is 10.3. The summed E-state index contributed by atoms with van der Waals surface area (Å²) in [5.41, 5.74) is 6.43. The highest BCUT2D eigenvalue weighted by molar-refractivity contribution is 7.80. The SMILES string of the molecule is Cc1ccc(NC(=O)C[C@H]2C(=O)N(c3ccccc3)C(=S)N2Nc2ccccc2)cc1. The lowest BCUT2D eigenvalue weighted by Crippen LogP contribution is -2.41. The summed E-state index contributed by atoms with van der Waals surface area (Å²) in [5.74, 6) is -0.515. The van der Waals surface area contributed by atoms with E-state index in [0.29, 0.717) is 16.5 Å². The molecular formula is C24H22N4O2S. The van der Waals surface area contributed by atoms with Gasteiger partial charge in [0.15, 0.2) is 0 Å². The topological polar surface area (TPSA) is 64.7 Å². The van der Waals surface area contributed by atoms with Crippen LogP contribution in [0, 0.1) is 6.92 Å². The molecule has 3 aromatic rings. The number of para-hydroxylation sites is 2. The Morgan fingerprint density at radius 1 is 0.903 bits per heavy atom. The molecule has 3 aromatic carbocycles. The fourth-order valence-corrected chi connectivity index (χ4v) is 3.76. The summed E-state index contributed by atoms with van der Waals surface area (Å²) in [6, 6.07) is 25.4. The van der Waals surface area contributed by atoms with Crippen LogP contribution in [0.1, 0.15) is 12.0 Å². The van der Waals surface area contributed by atoms with Gasteiger partial charge in [-0.2, -0.15) is 0 Å². The summed E-state index contributed by atoms with van der Waals surface area (Å²) in [5, 5.41) is 4.75. The molecule has 1 fully saturated rings. The van der Waals surface area contributed by atoms with Gasteiger partial charge in [0.2, 0.25) is 11.0 Å². The minimum Gasteiger partial charge on any atom is -0.326 e. The number of hydrazine groups is 1. The predicted molar refractivity (Wildman–Crippen MR) is 127 cm³/mol. The summed E-state index contributed by atoms with van der Waals surface area (Å²) in [7, 11) is 0. The van der Waals surface area contributed by atoms with Crippen molar-refractivity contribution in [3.05, 3.63) is 90.5 Å². The number of carbonyl (C=O) groups excluding carboxylic acids is 2. The number of nitrogens with one attached hydrogen (secondary N) is 2. The lowest BCUT2D eigenvalue weighted by Gasteiger charge is -2.25. The number of thiocarbonyl (C=S) groups is 1. The number of amides is 2. The maximum Gasteiger partial charge on any atom is 0.258 e. The first kappa shape index (κ1) is 20.6. The number of nitrogens with zero attached hydrogens (tertiary/aromatic N) is 2. The molecule has 0 saturated carbocycles. The van der Waals surface area contributed by atoms with Gasteiger partial charge in [0.1, 0.15) is 6.04 Å². The summed E-state index contributed by atoms with van der Waals surface area (Å²) >= 11 is 5.63. The summed E-state index contributed by atoms with van der Waals surface area (Å²) in [4.78, 5) is 27.6. The fraction of sp³-hybridized carbons (Fsp3) is 0.125. The zero-order valence-corrected chi connectivity index (χ0v) is 17.8. The molecule has 0 spiro atoms. The molecule has 6 nitrogen and oxygen atoms in total. The Bertz CT molecular complexity index is 1090. The van der Waals surface area contributed by atoms with E-state index in [-0.39, 0.29) is 18.2 Å². The van der Waals surface area contributed by atoms with E-state index in [2.05, 4.69) is 10.7 Å². The Labute approximate surface area is 186 Å². The van der Waals surface area contributed by atoms with Gasteiger partial charge >= 0.3 is 0 Å². The maximum atomic E-state index is 13.3. The second-order valence-corrected chi connectivity index (χ2v) is 7.64. The van der Waals surface area contributed by atoms with Crippen molar-refractivity contribution < 1.29 is 9.59 Å². The normalized spacial score (nSPS) is 15.8. The van der Waals surface area contributed by atoms with Crippen LogP contribution in [0.2, 0.25) is 0 Å². The molecule has 0 aliphatic carbocycles. The molecule has 7 heteroatoms. The molecule has 31 heavy (non-hydrogen) atoms. The minimum atomic E-state index is -0.779. The van der Waals surface area contributed by atoms with E-state index in [1.165, 1.54) is 4.90 Å². The first-order valence-electron chi connectivity index (χ1n) is 9.93. The van der Waals surface area contributed by atoms with Crippen molar-refractivity contribution in [3.63, 3.8) is 0 Å². The Hall–Kier alpha value is -3.71. The maximum absolute atomic E-state index is 13.3. The largest absolute Gasteiger partial charge is 0.326 e. The van der Waals surface area contributed by atoms with Crippen molar-refractivity contribution in [3.8, 4) is 0 Å². The molecule has 2 N–H and O–H groups in total. The molecule has 1 saturated heterocycles. The van der Waals surface area contributed by atoms with Gasteiger partial charge in [-0.15, -0.1) is 0 Å². The average molecular weight is 431 g/mol. The standard InChI is InChI=1S/C24H22N4O2S/c1-17-12-14-18(15-13-17)25-22(29)16-21-23(30)27(20-10-6-3-7-11-20)24(31)28(21)26-19-8-4-2-5-9-19/h2-15,21,26H,16H2,1H3,(H,25,29)/t21-/m0/s1. The highest BCUT2D eigenvalue weighted by Gasteiger charge is 2.44. The highest BCUT2D eigenvalue weighted by atomic mass is 32.1. The fourth-order valence-electron chi connectivity index (χ4n) is 3.39. The van der Waals surface area contributed by atoms with E-state index >= 15 is 0 Å². The molecule has 1 atom stereocenters. The molecular weight excluding hydrogens is 408 g/mol. The molecule has 4 rings (SSSR count). The smallest absolute Gasteiger partial charge is 0.258 e. The summed E-state index contributed by atoms with van der Waals surface area (Å²) in [6.45, 7) is 1.98. The molecule has 0 bridgehead atoms. The zero-order valence-electron chi connectivity index (χ0n) is 17.0. The molecule has 1 aliphatic rings. The van der Waals surface area contributed by atoms with Crippen molar-refractivity contribution >= 4 is 46.2 Å². The van der Waals surface area contributed by atoms with Gasteiger partial charge in [-0.3, -0.25) is 19.9 Å².